The van der Waals surface area contributed by atoms with E-state index in [1.807, 2.05) is 12.3 Å². The van der Waals surface area contributed by atoms with Gasteiger partial charge >= 0.3 is 5.51 Å². The topological polar surface area (TPSA) is 53.5 Å². The van der Waals surface area contributed by atoms with Crippen molar-refractivity contribution in [3.63, 3.8) is 0 Å². The number of benzene rings is 1. The van der Waals surface area contributed by atoms with Gasteiger partial charge in [-0.3, -0.25) is 4.90 Å². The molecule has 1 aromatic carbocycles. The Balaban J connectivity index is 1.79. The summed E-state index contributed by atoms with van der Waals surface area (Å²) in [6.07, 6.45) is 1.74. The molecule has 1 aliphatic rings. The van der Waals surface area contributed by atoms with Crippen LogP contribution in [0, 0.1) is 0 Å². The summed E-state index contributed by atoms with van der Waals surface area (Å²) in [4.78, 5) is 7.50. The average molecular weight is 405 g/mol. The van der Waals surface area contributed by atoms with E-state index in [4.69, 9.17) is 0 Å². The van der Waals surface area contributed by atoms with Crippen molar-refractivity contribution in [3.05, 3.63) is 40.8 Å². The summed E-state index contributed by atoms with van der Waals surface area (Å²) in [7, 11) is -5.39. The summed E-state index contributed by atoms with van der Waals surface area (Å²) < 4.78 is 62.7. The molecule has 2 heterocycles. The highest BCUT2D eigenvalue weighted by Gasteiger charge is 2.48. The van der Waals surface area contributed by atoms with E-state index in [1.54, 1.807) is 28.5 Å². The van der Waals surface area contributed by atoms with E-state index >= 15 is 0 Å². The van der Waals surface area contributed by atoms with Gasteiger partial charge in [0.1, 0.15) is 5.01 Å². The molecule has 0 radical (unpaired) electrons. The molecular formula is C16H18F3N3O2S2. The highest BCUT2D eigenvalue weighted by molar-refractivity contribution is 7.92. The molecule has 1 unspecified atom stereocenters. The van der Waals surface area contributed by atoms with Crippen LogP contribution in [0.5, 0.6) is 0 Å². The number of halogens is 3. The average Bonchev–Trinajstić information content (AvgIpc) is 3.15. The van der Waals surface area contributed by atoms with Gasteiger partial charge < -0.3 is 4.90 Å². The molecule has 0 N–H and O–H groups in total. The maximum Gasteiger partial charge on any atom is 0.501 e. The lowest BCUT2D eigenvalue weighted by atomic mass is 10.2. The molecule has 0 aliphatic carbocycles. The zero-order valence-corrected chi connectivity index (χ0v) is 15.6. The third-order valence-corrected chi connectivity index (χ3v) is 6.95. The first-order chi connectivity index (χ1) is 12.2. The van der Waals surface area contributed by atoms with E-state index < -0.39 is 20.2 Å². The maximum atomic E-state index is 13.0. The number of nitrogens with zero attached hydrogens (tertiary/aromatic N) is 3. The van der Waals surface area contributed by atoms with Gasteiger partial charge in [-0.1, -0.05) is 12.1 Å². The van der Waals surface area contributed by atoms with Crippen molar-refractivity contribution < 1.29 is 21.6 Å². The minimum atomic E-state index is -5.39. The first-order valence-electron chi connectivity index (χ1n) is 8.00. The molecule has 0 saturated carbocycles. The smallest absolute Gasteiger partial charge is 0.368 e. The molecule has 142 valence electrons. The summed E-state index contributed by atoms with van der Waals surface area (Å²) >= 11 is 1.56. The minimum absolute atomic E-state index is 0.103. The lowest BCUT2D eigenvalue weighted by Crippen LogP contribution is -2.47. The van der Waals surface area contributed by atoms with Crippen LogP contribution >= 0.6 is 11.3 Å². The van der Waals surface area contributed by atoms with E-state index in [2.05, 4.69) is 9.88 Å². The lowest BCUT2D eigenvalue weighted by molar-refractivity contribution is -0.0435. The molecule has 1 aliphatic heterocycles. The number of anilines is 1. The maximum absolute atomic E-state index is 13.0. The summed E-state index contributed by atoms with van der Waals surface area (Å²) in [5.41, 5.74) is -5.21. The van der Waals surface area contributed by atoms with Crippen molar-refractivity contribution in [1.29, 1.82) is 0 Å². The zero-order valence-electron chi connectivity index (χ0n) is 14.0. The Morgan fingerprint density at radius 1 is 1.15 bits per heavy atom. The number of alkyl halides is 3. The van der Waals surface area contributed by atoms with Crippen molar-refractivity contribution >= 4 is 26.9 Å². The number of hydrogen-bond donors (Lipinski definition) is 0. The van der Waals surface area contributed by atoms with Crippen molar-refractivity contribution in [2.45, 2.75) is 23.4 Å². The first-order valence-corrected chi connectivity index (χ1v) is 10.4. The largest absolute Gasteiger partial charge is 0.501 e. The predicted octanol–water partition coefficient (Wildman–Crippen LogP) is 3.32. The quantitative estimate of drug-likeness (QED) is 0.781. The second-order valence-electron chi connectivity index (χ2n) is 5.99. The van der Waals surface area contributed by atoms with Crippen LogP contribution in [-0.4, -0.2) is 50.0 Å². The van der Waals surface area contributed by atoms with E-state index in [0.29, 0.717) is 26.2 Å². The number of hydrogen-bond acceptors (Lipinski definition) is 6. The standard InChI is InChI=1S/C16H18F3N3O2S2/c1-12(15-20-6-11-25-15)21-7-9-22(10-8-21)13-4-2-3-5-14(13)26(23,24)16(17,18)19/h2-6,11-12H,7-10H2,1H3. The van der Waals surface area contributed by atoms with Crippen molar-refractivity contribution in [3.8, 4) is 0 Å². The molecule has 0 amide bonds. The number of thiazole rings is 1. The van der Waals surface area contributed by atoms with Crippen LogP contribution in [0.1, 0.15) is 18.0 Å². The highest BCUT2D eigenvalue weighted by Crippen LogP contribution is 2.36. The Hall–Kier alpha value is -1.65. The third kappa shape index (κ3) is 3.58. The molecule has 1 aromatic heterocycles. The zero-order chi connectivity index (χ0) is 18.9. The Morgan fingerprint density at radius 2 is 1.81 bits per heavy atom. The van der Waals surface area contributed by atoms with Gasteiger partial charge in [0, 0.05) is 37.8 Å². The number of sulfone groups is 1. The van der Waals surface area contributed by atoms with Gasteiger partial charge in [0.2, 0.25) is 0 Å². The molecule has 1 fully saturated rings. The molecule has 1 saturated heterocycles. The number of para-hydroxylation sites is 1. The molecule has 3 rings (SSSR count). The SMILES string of the molecule is CC(c1nccs1)N1CCN(c2ccccc2S(=O)(=O)C(F)(F)F)CC1. The van der Waals surface area contributed by atoms with E-state index in [1.165, 1.54) is 12.1 Å². The molecule has 2 aromatic rings. The second-order valence-corrected chi connectivity index (χ2v) is 8.82. The number of rotatable bonds is 4. The molecule has 0 bridgehead atoms. The van der Waals surface area contributed by atoms with Gasteiger partial charge in [0.25, 0.3) is 9.84 Å². The Bertz CT molecular complexity index is 846. The van der Waals surface area contributed by atoms with Gasteiger partial charge in [0.15, 0.2) is 0 Å². The van der Waals surface area contributed by atoms with E-state index in [-0.39, 0.29) is 11.7 Å². The van der Waals surface area contributed by atoms with Gasteiger partial charge in [0.05, 0.1) is 16.6 Å². The Kier molecular flexibility index (Phi) is 5.27. The van der Waals surface area contributed by atoms with E-state index in [9.17, 15) is 21.6 Å². The molecule has 10 heteroatoms. The highest BCUT2D eigenvalue weighted by atomic mass is 32.2. The Labute approximate surface area is 154 Å². The van der Waals surface area contributed by atoms with Crippen LogP contribution in [-0.2, 0) is 9.84 Å². The van der Waals surface area contributed by atoms with Crippen LogP contribution in [0.25, 0.3) is 0 Å². The fraction of sp³-hybridized carbons (Fsp3) is 0.438. The monoisotopic (exact) mass is 405 g/mol. The minimum Gasteiger partial charge on any atom is -0.368 e. The molecule has 26 heavy (non-hydrogen) atoms. The lowest BCUT2D eigenvalue weighted by Gasteiger charge is -2.39. The summed E-state index contributed by atoms with van der Waals surface area (Å²) in [6.45, 7) is 4.15. The van der Waals surface area contributed by atoms with Crippen LogP contribution in [0.15, 0.2) is 40.7 Å². The van der Waals surface area contributed by atoms with Gasteiger partial charge in [-0.25, -0.2) is 13.4 Å². The normalized spacial score (nSPS) is 18.1. The first kappa shape index (κ1) is 19.1. The second kappa shape index (κ2) is 7.16. The molecule has 0 spiro atoms. The third-order valence-electron chi connectivity index (χ3n) is 4.47. The van der Waals surface area contributed by atoms with Crippen LogP contribution in [0.3, 0.4) is 0 Å². The molecule has 5 nitrogen and oxygen atoms in total. The molecular weight excluding hydrogens is 387 g/mol. The van der Waals surface area contributed by atoms with Gasteiger partial charge in [-0.05, 0) is 19.1 Å². The summed E-state index contributed by atoms with van der Waals surface area (Å²) in [5.74, 6) is 0. The van der Waals surface area contributed by atoms with Gasteiger partial charge in [-0.2, -0.15) is 13.2 Å². The van der Waals surface area contributed by atoms with E-state index in [0.717, 1.165) is 11.1 Å². The number of piperazine rings is 1. The fourth-order valence-corrected chi connectivity index (χ4v) is 4.73. The predicted molar refractivity (Wildman–Crippen MR) is 94.0 cm³/mol. The summed E-state index contributed by atoms with van der Waals surface area (Å²) in [6, 6.07) is 5.42. The van der Waals surface area contributed by atoms with Crippen molar-refractivity contribution in [2.24, 2.45) is 0 Å². The van der Waals surface area contributed by atoms with Crippen LogP contribution in [0.4, 0.5) is 18.9 Å². The number of aromatic nitrogens is 1. The van der Waals surface area contributed by atoms with Crippen molar-refractivity contribution in [2.75, 3.05) is 31.1 Å². The fourth-order valence-electron chi connectivity index (χ4n) is 3.02. The molecule has 1 atom stereocenters. The van der Waals surface area contributed by atoms with Crippen LogP contribution in [0.2, 0.25) is 0 Å². The van der Waals surface area contributed by atoms with Gasteiger partial charge in [-0.15, -0.1) is 11.3 Å². The Morgan fingerprint density at radius 3 is 2.38 bits per heavy atom. The van der Waals surface area contributed by atoms with Crippen LogP contribution < -0.4 is 4.90 Å². The summed E-state index contributed by atoms with van der Waals surface area (Å²) in [5, 5.41) is 2.89. The van der Waals surface area contributed by atoms with Crippen molar-refractivity contribution in [1.82, 2.24) is 9.88 Å².